The minimum atomic E-state index is -0.581. The Balaban J connectivity index is 1.88. The first-order valence-corrected chi connectivity index (χ1v) is 5.68. The Labute approximate surface area is 104 Å². The van der Waals surface area contributed by atoms with E-state index >= 15 is 0 Å². The summed E-state index contributed by atoms with van der Waals surface area (Å²) in [5, 5.41) is 5.14. The van der Waals surface area contributed by atoms with Crippen LogP contribution in [0.3, 0.4) is 0 Å². The smallest absolute Gasteiger partial charge is 0.251 e. The van der Waals surface area contributed by atoms with Gasteiger partial charge in [-0.2, -0.15) is 0 Å². The van der Waals surface area contributed by atoms with E-state index in [0.717, 1.165) is 25.0 Å². The van der Waals surface area contributed by atoms with Crippen molar-refractivity contribution in [1.29, 1.82) is 0 Å². The second kappa shape index (κ2) is 5.03. The molecule has 0 aromatic heterocycles. The fraction of sp³-hybridized carbons (Fsp3) is 0.333. The lowest BCUT2D eigenvalue weighted by atomic mass is 10.2. The Bertz CT molecular complexity index is 466. The molecule has 0 saturated heterocycles. The van der Waals surface area contributed by atoms with Gasteiger partial charge in [0.1, 0.15) is 5.82 Å². The van der Waals surface area contributed by atoms with Crippen LogP contribution in [0.1, 0.15) is 23.2 Å². The largest absolute Gasteiger partial charge is 0.399 e. The molecule has 0 unspecified atom stereocenters. The molecular weight excluding hydrogens is 237 g/mol. The third-order valence-corrected chi connectivity index (χ3v) is 2.53. The molecule has 96 valence electrons. The van der Waals surface area contributed by atoms with E-state index in [0.29, 0.717) is 0 Å². The van der Waals surface area contributed by atoms with Crippen molar-refractivity contribution in [3.8, 4) is 0 Å². The summed E-state index contributed by atoms with van der Waals surface area (Å²) in [6.45, 7) is -0.119. The number of anilines is 1. The van der Waals surface area contributed by atoms with Gasteiger partial charge >= 0.3 is 0 Å². The number of nitrogens with two attached hydrogens (primary N) is 1. The molecule has 1 aliphatic carbocycles. The van der Waals surface area contributed by atoms with Crippen molar-refractivity contribution in [3.63, 3.8) is 0 Å². The average Bonchev–Trinajstić information content (AvgIpc) is 3.08. The zero-order chi connectivity index (χ0) is 13.1. The van der Waals surface area contributed by atoms with Crippen molar-refractivity contribution in [2.75, 3.05) is 12.3 Å². The van der Waals surface area contributed by atoms with E-state index in [1.807, 2.05) is 0 Å². The molecule has 5 nitrogen and oxygen atoms in total. The molecule has 1 saturated carbocycles. The van der Waals surface area contributed by atoms with Gasteiger partial charge in [0.15, 0.2) is 0 Å². The maximum atomic E-state index is 13.0. The van der Waals surface area contributed by atoms with E-state index in [4.69, 9.17) is 5.73 Å². The summed E-state index contributed by atoms with van der Waals surface area (Å²) in [6, 6.07) is 3.80. The SMILES string of the molecule is Nc1cc(F)cc(C(=O)NCC(=O)NC2CC2)c1. The monoisotopic (exact) mass is 251 g/mol. The number of halogens is 1. The van der Waals surface area contributed by atoms with Crippen molar-refractivity contribution >= 4 is 17.5 Å². The number of hydrogen-bond acceptors (Lipinski definition) is 3. The van der Waals surface area contributed by atoms with Gasteiger partial charge in [0.25, 0.3) is 5.91 Å². The highest BCUT2D eigenvalue weighted by Crippen LogP contribution is 2.18. The number of nitrogen functional groups attached to an aromatic ring is 1. The van der Waals surface area contributed by atoms with Crippen molar-refractivity contribution in [2.24, 2.45) is 0 Å². The van der Waals surface area contributed by atoms with Gasteiger partial charge in [0.05, 0.1) is 6.54 Å². The normalized spacial score (nSPS) is 14.1. The highest BCUT2D eigenvalue weighted by atomic mass is 19.1. The van der Waals surface area contributed by atoms with Gasteiger partial charge in [-0.1, -0.05) is 0 Å². The zero-order valence-electron chi connectivity index (χ0n) is 9.70. The van der Waals surface area contributed by atoms with Crippen LogP contribution < -0.4 is 16.4 Å². The predicted molar refractivity (Wildman–Crippen MR) is 64.3 cm³/mol. The average molecular weight is 251 g/mol. The highest BCUT2D eigenvalue weighted by molar-refractivity contribution is 5.97. The van der Waals surface area contributed by atoms with E-state index in [9.17, 15) is 14.0 Å². The predicted octanol–water partition coefficient (Wildman–Crippen LogP) is 0.416. The Morgan fingerprint density at radius 3 is 2.67 bits per heavy atom. The quantitative estimate of drug-likeness (QED) is 0.678. The lowest BCUT2D eigenvalue weighted by Gasteiger charge is -2.06. The number of carbonyl (C=O) groups excluding carboxylic acids is 2. The first kappa shape index (κ1) is 12.3. The lowest BCUT2D eigenvalue weighted by molar-refractivity contribution is -0.120. The second-order valence-electron chi connectivity index (χ2n) is 4.30. The summed E-state index contributed by atoms with van der Waals surface area (Å²) in [5.74, 6) is -1.34. The Morgan fingerprint density at radius 2 is 2.06 bits per heavy atom. The highest BCUT2D eigenvalue weighted by Gasteiger charge is 2.23. The number of rotatable bonds is 4. The van der Waals surface area contributed by atoms with Gasteiger partial charge in [-0.15, -0.1) is 0 Å². The summed E-state index contributed by atoms with van der Waals surface area (Å²) in [7, 11) is 0. The maximum Gasteiger partial charge on any atom is 0.251 e. The third kappa shape index (κ3) is 3.44. The van der Waals surface area contributed by atoms with E-state index in [2.05, 4.69) is 10.6 Å². The molecule has 1 aromatic carbocycles. The molecule has 0 atom stereocenters. The van der Waals surface area contributed by atoms with Crippen LogP contribution in [0.2, 0.25) is 0 Å². The van der Waals surface area contributed by atoms with Crippen LogP contribution in [-0.2, 0) is 4.79 Å². The number of nitrogens with one attached hydrogen (secondary N) is 2. The molecule has 0 spiro atoms. The molecule has 0 bridgehead atoms. The van der Waals surface area contributed by atoms with Gasteiger partial charge in [-0.25, -0.2) is 4.39 Å². The summed E-state index contributed by atoms with van der Waals surface area (Å²) in [5.41, 5.74) is 5.70. The van der Waals surface area contributed by atoms with Crippen molar-refractivity contribution in [2.45, 2.75) is 18.9 Å². The Kier molecular flexibility index (Phi) is 3.45. The Hall–Kier alpha value is -2.11. The minimum absolute atomic E-state index is 0.103. The second-order valence-corrected chi connectivity index (χ2v) is 4.30. The maximum absolute atomic E-state index is 13.0. The molecule has 4 N–H and O–H groups in total. The summed E-state index contributed by atoms with van der Waals surface area (Å²) in [4.78, 5) is 23.0. The van der Waals surface area contributed by atoms with Crippen LogP contribution in [0.4, 0.5) is 10.1 Å². The number of amides is 2. The van der Waals surface area contributed by atoms with Crippen molar-refractivity contribution in [1.82, 2.24) is 10.6 Å². The first-order valence-electron chi connectivity index (χ1n) is 5.68. The molecule has 2 rings (SSSR count). The van der Waals surface area contributed by atoms with Gasteiger partial charge in [0.2, 0.25) is 5.91 Å². The molecular formula is C12H14FN3O2. The van der Waals surface area contributed by atoms with Gasteiger partial charge in [0, 0.05) is 17.3 Å². The van der Waals surface area contributed by atoms with E-state index in [1.54, 1.807) is 0 Å². The molecule has 0 heterocycles. The fourth-order valence-electron chi connectivity index (χ4n) is 1.51. The zero-order valence-corrected chi connectivity index (χ0v) is 9.70. The molecule has 0 radical (unpaired) electrons. The van der Waals surface area contributed by atoms with Crippen LogP contribution in [0.25, 0.3) is 0 Å². The molecule has 6 heteroatoms. The molecule has 18 heavy (non-hydrogen) atoms. The third-order valence-electron chi connectivity index (χ3n) is 2.53. The van der Waals surface area contributed by atoms with Crippen LogP contribution in [0.5, 0.6) is 0 Å². The van der Waals surface area contributed by atoms with Crippen LogP contribution in [0, 0.1) is 5.82 Å². The molecule has 0 aliphatic heterocycles. The minimum Gasteiger partial charge on any atom is -0.399 e. The van der Waals surface area contributed by atoms with Crippen molar-refractivity contribution in [3.05, 3.63) is 29.6 Å². The molecule has 1 aromatic rings. The molecule has 2 amide bonds. The van der Waals surface area contributed by atoms with Crippen LogP contribution in [-0.4, -0.2) is 24.4 Å². The lowest BCUT2D eigenvalue weighted by Crippen LogP contribution is -2.37. The van der Waals surface area contributed by atoms with Crippen LogP contribution in [0.15, 0.2) is 18.2 Å². The fourth-order valence-corrected chi connectivity index (χ4v) is 1.51. The standard InChI is InChI=1S/C12H14FN3O2/c13-8-3-7(4-9(14)5-8)12(18)15-6-11(17)16-10-1-2-10/h3-5,10H,1-2,6,14H2,(H,15,18)(H,16,17). The number of hydrogen-bond donors (Lipinski definition) is 3. The summed E-state index contributed by atoms with van der Waals surface area (Å²) < 4.78 is 13.0. The van der Waals surface area contributed by atoms with Crippen LogP contribution >= 0.6 is 0 Å². The molecule has 1 fully saturated rings. The van der Waals surface area contributed by atoms with E-state index < -0.39 is 11.7 Å². The summed E-state index contributed by atoms with van der Waals surface area (Å²) >= 11 is 0. The Morgan fingerprint density at radius 1 is 1.33 bits per heavy atom. The molecule has 1 aliphatic rings. The van der Waals surface area contributed by atoms with E-state index in [1.165, 1.54) is 6.07 Å². The number of benzene rings is 1. The van der Waals surface area contributed by atoms with Crippen molar-refractivity contribution < 1.29 is 14.0 Å². The first-order chi connectivity index (χ1) is 8.54. The van der Waals surface area contributed by atoms with Gasteiger partial charge in [-0.05, 0) is 31.0 Å². The number of carbonyl (C=O) groups is 2. The van der Waals surface area contributed by atoms with E-state index in [-0.39, 0.29) is 29.7 Å². The van der Waals surface area contributed by atoms with Gasteiger partial charge < -0.3 is 16.4 Å². The van der Waals surface area contributed by atoms with Gasteiger partial charge in [-0.3, -0.25) is 9.59 Å². The summed E-state index contributed by atoms with van der Waals surface area (Å²) in [6.07, 6.45) is 1.97. The topological polar surface area (TPSA) is 84.2 Å².